The topological polar surface area (TPSA) is 127 Å². The van der Waals surface area contributed by atoms with Gasteiger partial charge in [0.2, 0.25) is 10.0 Å². The summed E-state index contributed by atoms with van der Waals surface area (Å²) in [6.45, 7) is 7.53. The second kappa shape index (κ2) is 8.60. The molecule has 0 amide bonds. The van der Waals surface area contributed by atoms with Crippen molar-refractivity contribution in [2.75, 3.05) is 0 Å². The van der Waals surface area contributed by atoms with E-state index in [0.29, 0.717) is 22.5 Å². The maximum Gasteiger partial charge on any atom is 0.322 e. The fraction of sp³-hybridized carbons (Fsp3) is 0.348. The number of hydrogen-bond donors (Lipinski definition) is 2. The number of benzene rings is 2. The number of nitrogens with one attached hydrogen (secondary N) is 1. The number of sulfonamides is 1. The van der Waals surface area contributed by atoms with E-state index in [4.69, 9.17) is 4.42 Å². The number of carboxylic acid groups (broad SMARTS) is 1. The van der Waals surface area contributed by atoms with Crippen molar-refractivity contribution in [3.8, 4) is 5.69 Å². The lowest BCUT2D eigenvalue weighted by atomic mass is 10.1. The third-order valence-corrected chi connectivity index (χ3v) is 6.81. The summed E-state index contributed by atoms with van der Waals surface area (Å²) in [6, 6.07) is 8.79. The second-order valence-corrected chi connectivity index (χ2v) is 10.6. The van der Waals surface area contributed by atoms with Gasteiger partial charge in [0.05, 0.1) is 22.5 Å². The van der Waals surface area contributed by atoms with Crippen molar-refractivity contribution >= 4 is 37.9 Å². The molecule has 0 spiro atoms. The van der Waals surface area contributed by atoms with Gasteiger partial charge in [-0.05, 0) is 48.6 Å². The van der Waals surface area contributed by atoms with E-state index in [9.17, 15) is 18.3 Å². The summed E-state index contributed by atoms with van der Waals surface area (Å²) in [7, 11) is -4.04. The van der Waals surface area contributed by atoms with Gasteiger partial charge in [-0.3, -0.25) is 4.79 Å². The van der Waals surface area contributed by atoms with Crippen molar-refractivity contribution < 1.29 is 22.7 Å². The first-order valence-electron chi connectivity index (χ1n) is 10.7. The van der Waals surface area contributed by atoms with E-state index in [1.165, 1.54) is 12.1 Å². The summed E-state index contributed by atoms with van der Waals surface area (Å²) in [5.74, 6) is -1.16. The van der Waals surface area contributed by atoms with Crippen LogP contribution in [-0.2, 0) is 21.2 Å². The zero-order chi connectivity index (χ0) is 23.9. The van der Waals surface area contributed by atoms with Gasteiger partial charge in [-0.25, -0.2) is 13.1 Å². The molecule has 4 rings (SSSR count). The predicted octanol–water partition coefficient (Wildman–Crippen LogP) is 3.75. The van der Waals surface area contributed by atoms with Crippen LogP contribution in [0, 0.1) is 11.8 Å². The monoisotopic (exact) mass is 470 g/mol. The summed E-state index contributed by atoms with van der Waals surface area (Å²) >= 11 is 0. The van der Waals surface area contributed by atoms with E-state index < -0.39 is 28.0 Å². The average molecular weight is 471 g/mol. The Morgan fingerprint density at radius 2 is 1.85 bits per heavy atom. The zero-order valence-electron chi connectivity index (χ0n) is 18.8. The molecule has 0 radical (unpaired) electrons. The van der Waals surface area contributed by atoms with Crippen LogP contribution in [0.4, 0.5) is 0 Å². The molecular formula is C23H26N4O5S. The van der Waals surface area contributed by atoms with Gasteiger partial charge in [-0.1, -0.05) is 32.9 Å². The lowest BCUT2D eigenvalue weighted by Gasteiger charge is -2.17. The van der Waals surface area contributed by atoms with Crippen molar-refractivity contribution in [2.24, 2.45) is 11.8 Å². The SMILES string of the molecule is CC(C)Cc1cn(-c2ccc3c(c2)oc2ccc(S(=O)(=O)N[C@H](C(=O)O)C(C)C)cc23)nn1. The molecule has 0 aliphatic carbocycles. The third kappa shape index (κ3) is 4.62. The summed E-state index contributed by atoms with van der Waals surface area (Å²) in [4.78, 5) is 11.4. The van der Waals surface area contributed by atoms with Gasteiger partial charge in [0, 0.05) is 16.8 Å². The van der Waals surface area contributed by atoms with Gasteiger partial charge in [0.25, 0.3) is 0 Å². The molecule has 2 N–H and O–H groups in total. The first kappa shape index (κ1) is 22.9. The third-order valence-electron chi connectivity index (χ3n) is 5.37. The molecule has 9 nitrogen and oxygen atoms in total. The summed E-state index contributed by atoms with van der Waals surface area (Å²) < 4.78 is 35.6. The van der Waals surface area contributed by atoms with E-state index >= 15 is 0 Å². The molecule has 2 heterocycles. The number of furan rings is 1. The molecule has 33 heavy (non-hydrogen) atoms. The Bertz CT molecular complexity index is 1440. The number of fused-ring (bicyclic) bond motifs is 3. The van der Waals surface area contributed by atoms with Crippen LogP contribution in [0.2, 0.25) is 0 Å². The smallest absolute Gasteiger partial charge is 0.322 e. The first-order chi connectivity index (χ1) is 15.5. The fourth-order valence-electron chi connectivity index (χ4n) is 3.70. The Morgan fingerprint density at radius 3 is 2.52 bits per heavy atom. The Balaban J connectivity index is 1.70. The van der Waals surface area contributed by atoms with E-state index in [2.05, 4.69) is 28.9 Å². The molecule has 0 saturated heterocycles. The average Bonchev–Trinajstić information content (AvgIpc) is 3.34. The Kier molecular flexibility index (Phi) is 5.98. The van der Waals surface area contributed by atoms with Gasteiger partial charge in [0.15, 0.2) is 0 Å². The predicted molar refractivity (Wildman–Crippen MR) is 124 cm³/mol. The Morgan fingerprint density at radius 1 is 1.09 bits per heavy atom. The standard InChI is InChI=1S/C23H26N4O5S/c1-13(2)9-15-12-27(26-24-15)16-5-7-18-19-11-17(6-8-20(19)32-21(18)10-16)33(30,31)25-22(14(3)4)23(28)29/h5-8,10-14,22,25H,9H2,1-4H3,(H,28,29)/t22-/m0/s1. The lowest BCUT2D eigenvalue weighted by Crippen LogP contribution is -2.44. The van der Waals surface area contributed by atoms with Crippen LogP contribution in [0.15, 0.2) is 51.9 Å². The molecule has 10 heteroatoms. The molecular weight excluding hydrogens is 444 g/mol. The Labute approximate surface area is 191 Å². The van der Waals surface area contributed by atoms with Gasteiger partial charge in [-0.2, -0.15) is 4.72 Å². The van der Waals surface area contributed by atoms with E-state index in [-0.39, 0.29) is 4.90 Å². The summed E-state index contributed by atoms with van der Waals surface area (Å²) in [6.07, 6.45) is 2.71. The molecule has 0 unspecified atom stereocenters. The van der Waals surface area contributed by atoms with Gasteiger partial charge in [-0.15, -0.1) is 5.10 Å². The number of rotatable bonds is 8. The molecule has 2 aromatic heterocycles. The molecule has 0 saturated carbocycles. The minimum atomic E-state index is -4.04. The molecule has 0 aliphatic rings. The quantitative estimate of drug-likeness (QED) is 0.401. The van der Waals surface area contributed by atoms with Crippen LogP contribution < -0.4 is 4.72 Å². The van der Waals surface area contributed by atoms with Crippen molar-refractivity contribution in [2.45, 2.75) is 45.1 Å². The van der Waals surface area contributed by atoms with Crippen molar-refractivity contribution in [3.63, 3.8) is 0 Å². The van der Waals surface area contributed by atoms with Crippen molar-refractivity contribution in [1.29, 1.82) is 0 Å². The fourth-order valence-corrected chi connectivity index (χ4v) is 5.06. The van der Waals surface area contributed by atoms with Crippen LogP contribution in [0.5, 0.6) is 0 Å². The highest BCUT2D eigenvalue weighted by Crippen LogP contribution is 2.32. The maximum absolute atomic E-state index is 12.8. The van der Waals surface area contributed by atoms with Crippen LogP contribution in [-0.4, -0.2) is 40.5 Å². The molecule has 4 aromatic rings. The van der Waals surface area contributed by atoms with Crippen molar-refractivity contribution in [3.05, 3.63) is 48.3 Å². The van der Waals surface area contributed by atoms with Crippen molar-refractivity contribution in [1.82, 2.24) is 19.7 Å². The van der Waals surface area contributed by atoms with Gasteiger partial charge >= 0.3 is 5.97 Å². The molecule has 0 fully saturated rings. The minimum Gasteiger partial charge on any atom is -0.480 e. The molecule has 1 atom stereocenters. The van der Waals surface area contributed by atoms with E-state index in [1.807, 2.05) is 24.4 Å². The van der Waals surface area contributed by atoms with E-state index in [1.54, 1.807) is 24.6 Å². The van der Waals surface area contributed by atoms with Gasteiger partial charge in [0.1, 0.15) is 17.2 Å². The molecule has 174 valence electrons. The number of carbonyl (C=O) groups is 1. The van der Waals surface area contributed by atoms with E-state index in [0.717, 1.165) is 23.2 Å². The summed E-state index contributed by atoms with van der Waals surface area (Å²) in [5.41, 5.74) is 2.79. The van der Waals surface area contributed by atoms with Gasteiger partial charge < -0.3 is 9.52 Å². The molecule has 0 bridgehead atoms. The first-order valence-corrected chi connectivity index (χ1v) is 12.2. The highest BCUT2D eigenvalue weighted by Gasteiger charge is 2.28. The van der Waals surface area contributed by atoms with Crippen LogP contribution in [0.3, 0.4) is 0 Å². The van der Waals surface area contributed by atoms with Crippen LogP contribution in [0.1, 0.15) is 33.4 Å². The van der Waals surface area contributed by atoms with Crippen LogP contribution >= 0.6 is 0 Å². The molecule has 0 aliphatic heterocycles. The highest BCUT2D eigenvalue weighted by molar-refractivity contribution is 7.89. The number of nitrogens with zero attached hydrogens (tertiary/aromatic N) is 3. The maximum atomic E-state index is 12.8. The number of aliphatic carboxylic acids is 1. The minimum absolute atomic E-state index is 0.0247. The molecule has 2 aromatic carbocycles. The zero-order valence-corrected chi connectivity index (χ0v) is 19.6. The normalized spacial score (nSPS) is 13.4. The number of aromatic nitrogens is 3. The summed E-state index contributed by atoms with van der Waals surface area (Å²) in [5, 5.41) is 19.1. The largest absolute Gasteiger partial charge is 0.480 e. The highest BCUT2D eigenvalue weighted by atomic mass is 32.2. The lowest BCUT2D eigenvalue weighted by molar-refractivity contribution is -0.140. The second-order valence-electron chi connectivity index (χ2n) is 8.87. The Hall–Kier alpha value is -3.24. The number of hydrogen-bond acceptors (Lipinski definition) is 6. The van der Waals surface area contributed by atoms with Crippen LogP contribution in [0.25, 0.3) is 27.6 Å². The number of carboxylic acids is 1.